The lowest BCUT2D eigenvalue weighted by molar-refractivity contribution is -0.118. The number of hydrogen-bond donors (Lipinski definition) is 3. The number of amides is 3. The minimum absolute atomic E-state index is 0.0123. The van der Waals surface area contributed by atoms with Crippen molar-refractivity contribution in [2.75, 3.05) is 18.4 Å². The van der Waals surface area contributed by atoms with Gasteiger partial charge in [0.1, 0.15) is 17.3 Å². The molecule has 12 heteroatoms. The summed E-state index contributed by atoms with van der Waals surface area (Å²) < 4.78 is 15.8. The molecule has 194 valence electrons. The molecule has 0 radical (unpaired) electrons. The molecule has 0 bridgehead atoms. The van der Waals surface area contributed by atoms with Gasteiger partial charge in [-0.2, -0.15) is 5.10 Å². The normalized spacial score (nSPS) is 10.6. The van der Waals surface area contributed by atoms with E-state index in [9.17, 15) is 18.8 Å². The summed E-state index contributed by atoms with van der Waals surface area (Å²) in [4.78, 5) is 41.0. The van der Waals surface area contributed by atoms with Gasteiger partial charge in [-0.25, -0.2) is 9.07 Å². The second-order valence-corrected chi connectivity index (χ2v) is 8.82. The van der Waals surface area contributed by atoms with Crippen LogP contribution in [0.5, 0.6) is 0 Å². The Labute approximate surface area is 227 Å². The SMILES string of the molecule is CC(=O)NCCNC(=O)c1cc(NC(=O)c2cc(-c3ncccc3F)c(Cl)cc2Cl)n(-c2ccccc2)n1. The van der Waals surface area contributed by atoms with Crippen LogP contribution >= 0.6 is 23.2 Å². The number of carbonyl (C=O) groups excluding carboxylic acids is 3. The topological polar surface area (TPSA) is 118 Å². The molecule has 0 atom stereocenters. The van der Waals surface area contributed by atoms with Crippen LogP contribution in [0.1, 0.15) is 27.8 Å². The van der Waals surface area contributed by atoms with Crippen LogP contribution in [-0.4, -0.2) is 45.6 Å². The summed E-state index contributed by atoms with van der Waals surface area (Å²) in [5, 5.41) is 12.5. The number of pyridine rings is 1. The summed E-state index contributed by atoms with van der Waals surface area (Å²) in [7, 11) is 0. The van der Waals surface area contributed by atoms with Gasteiger partial charge in [0.25, 0.3) is 11.8 Å². The van der Waals surface area contributed by atoms with Crippen molar-refractivity contribution in [3.8, 4) is 16.9 Å². The molecule has 3 amide bonds. The molecule has 0 saturated carbocycles. The van der Waals surface area contributed by atoms with Gasteiger partial charge in [-0.1, -0.05) is 41.4 Å². The van der Waals surface area contributed by atoms with Crippen molar-refractivity contribution < 1.29 is 18.8 Å². The van der Waals surface area contributed by atoms with E-state index in [-0.39, 0.29) is 57.4 Å². The van der Waals surface area contributed by atoms with Crippen LogP contribution in [0.25, 0.3) is 16.9 Å². The highest BCUT2D eigenvalue weighted by molar-refractivity contribution is 6.38. The predicted octanol–water partition coefficient (Wildman–Crippen LogP) is 4.50. The minimum atomic E-state index is -0.640. The monoisotopic (exact) mass is 554 g/mol. The minimum Gasteiger partial charge on any atom is -0.355 e. The number of benzene rings is 2. The number of nitrogens with zero attached hydrogens (tertiary/aromatic N) is 3. The van der Waals surface area contributed by atoms with E-state index in [1.165, 1.54) is 48.1 Å². The molecule has 0 aliphatic carbocycles. The van der Waals surface area contributed by atoms with Gasteiger partial charge >= 0.3 is 0 Å². The number of nitrogens with one attached hydrogen (secondary N) is 3. The van der Waals surface area contributed by atoms with Crippen molar-refractivity contribution in [3.63, 3.8) is 0 Å². The fourth-order valence-electron chi connectivity index (χ4n) is 3.52. The number of anilines is 1. The van der Waals surface area contributed by atoms with Crippen LogP contribution < -0.4 is 16.0 Å². The first-order chi connectivity index (χ1) is 18.2. The summed E-state index contributed by atoms with van der Waals surface area (Å²) >= 11 is 12.6. The molecular weight excluding hydrogens is 534 g/mol. The van der Waals surface area contributed by atoms with Crippen molar-refractivity contribution in [1.82, 2.24) is 25.4 Å². The van der Waals surface area contributed by atoms with Crippen molar-refractivity contribution in [3.05, 3.63) is 94.0 Å². The first-order valence-corrected chi connectivity index (χ1v) is 12.1. The molecule has 4 aromatic rings. The van der Waals surface area contributed by atoms with E-state index in [2.05, 4.69) is 26.0 Å². The first-order valence-electron chi connectivity index (χ1n) is 11.3. The summed E-state index contributed by atoms with van der Waals surface area (Å²) in [5.74, 6) is -1.78. The summed E-state index contributed by atoms with van der Waals surface area (Å²) in [6, 6.07) is 15.6. The van der Waals surface area contributed by atoms with Crippen LogP contribution in [0.4, 0.5) is 10.2 Å². The lowest BCUT2D eigenvalue weighted by Gasteiger charge is -2.12. The van der Waals surface area contributed by atoms with Gasteiger partial charge in [-0.15, -0.1) is 0 Å². The largest absolute Gasteiger partial charge is 0.355 e. The maximum absolute atomic E-state index is 14.4. The second-order valence-electron chi connectivity index (χ2n) is 8.00. The number of carbonyl (C=O) groups is 3. The molecule has 0 spiro atoms. The van der Waals surface area contributed by atoms with E-state index < -0.39 is 17.6 Å². The molecule has 0 saturated heterocycles. The van der Waals surface area contributed by atoms with Gasteiger partial charge in [0.05, 0.1) is 21.3 Å². The number of aromatic nitrogens is 3. The molecule has 9 nitrogen and oxygen atoms in total. The molecule has 38 heavy (non-hydrogen) atoms. The zero-order valence-electron chi connectivity index (χ0n) is 20.0. The fraction of sp³-hybridized carbons (Fsp3) is 0.115. The van der Waals surface area contributed by atoms with Crippen molar-refractivity contribution >= 4 is 46.7 Å². The maximum Gasteiger partial charge on any atom is 0.271 e. The van der Waals surface area contributed by atoms with Crippen molar-refractivity contribution in [1.29, 1.82) is 0 Å². The summed E-state index contributed by atoms with van der Waals surface area (Å²) in [5.41, 5.74) is 0.785. The van der Waals surface area contributed by atoms with Gasteiger partial charge in [0.15, 0.2) is 5.69 Å². The number of halogens is 3. The van der Waals surface area contributed by atoms with E-state index in [1.807, 2.05) is 6.07 Å². The van der Waals surface area contributed by atoms with E-state index in [4.69, 9.17) is 23.2 Å². The van der Waals surface area contributed by atoms with E-state index in [1.54, 1.807) is 24.3 Å². The zero-order valence-corrected chi connectivity index (χ0v) is 21.5. The molecule has 2 heterocycles. The molecule has 2 aromatic carbocycles. The third kappa shape index (κ3) is 6.16. The molecular formula is C26H21Cl2FN6O3. The molecule has 3 N–H and O–H groups in total. The van der Waals surface area contributed by atoms with Crippen LogP contribution in [0.3, 0.4) is 0 Å². The number of hydrogen-bond acceptors (Lipinski definition) is 5. The smallest absolute Gasteiger partial charge is 0.271 e. The Morgan fingerprint density at radius 3 is 2.37 bits per heavy atom. The predicted molar refractivity (Wildman–Crippen MR) is 142 cm³/mol. The van der Waals surface area contributed by atoms with E-state index in [0.29, 0.717) is 5.69 Å². The highest BCUT2D eigenvalue weighted by Gasteiger charge is 2.21. The molecule has 0 unspecified atom stereocenters. The molecule has 2 aromatic heterocycles. The van der Waals surface area contributed by atoms with Crippen LogP contribution in [0, 0.1) is 5.82 Å². The molecule has 4 rings (SSSR count). The molecule has 0 fully saturated rings. The average molecular weight is 555 g/mol. The Morgan fingerprint density at radius 2 is 1.66 bits per heavy atom. The Bertz CT molecular complexity index is 1510. The standard InChI is InChI=1S/C26H21Cl2FN6O3/c1-15(36)30-10-11-32-26(38)22-14-23(35(34-22)16-6-3-2-4-7-16)33-25(37)18-12-17(19(27)13-20(18)28)24-21(29)8-5-9-31-24/h2-9,12-14H,10-11H2,1H3,(H,30,36)(H,32,38)(H,33,37). The second kappa shape index (κ2) is 11.8. The Kier molecular flexibility index (Phi) is 8.35. The zero-order chi connectivity index (χ0) is 27.2. The van der Waals surface area contributed by atoms with Gasteiger partial charge in [0.2, 0.25) is 5.91 Å². The van der Waals surface area contributed by atoms with Gasteiger partial charge in [0, 0.05) is 37.8 Å². The Balaban J connectivity index is 1.65. The summed E-state index contributed by atoms with van der Waals surface area (Å²) in [6.45, 7) is 1.81. The highest BCUT2D eigenvalue weighted by atomic mass is 35.5. The maximum atomic E-state index is 14.4. The van der Waals surface area contributed by atoms with Crippen LogP contribution in [-0.2, 0) is 4.79 Å². The number of rotatable bonds is 8. The van der Waals surface area contributed by atoms with E-state index >= 15 is 0 Å². The lowest BCUT2D eigenvalue weighted by atomic mass is 10.1. The van der Waals surface area contributed by atoms with Crippen molar-refractivity contribution in [2.45, 2.75) is 6.92 Å². The number of para-hydroxylation sites is 1. The van der Waals surface area contributed by atoms with Crippen molar-refractivity contribution in [2.24, 2.45) is 0 Å². The third-order valence-electron chi connectivity index (χ3n) is 5.28. The van der Waals surface area contributed by atoms with Gasteiger partial charge in [-0.05, 0) is 36.4 Å². The van der Waals surface area contributed by atoms with Crippen LogP contribution in [0.15, 0.2) is 66.9 Å². The van der Waals surface area contributed by atoms with Gasteiger partial charge < -0.3 is 16.0 Å². The molecule has 0 aliphatic heterocycles. The van der Waals surface area contributed by atoms with Crippen LogP contribution in [0.2, 0.25) is 10.0 Å². The first kappa shape index (κ1) is 26.8. The molecule has 0 aliphatic rings. The average Bonchev–Trinajstić information content (AvgIpc) is 3.31. The third-order valence-corrected chi connectivity index (χ3v) is 5.91. The summed E-state index contributed by atoms with van der Waals surface area (Å²) in [6.07, 6.45) is 1.41. The Morgan fingerprint density at radius 1 is 0.921 bits per heavy atom. The highest BCUT2D eigenvalue weighted by Crippen LogP contribution is 2.33. The van der Waals surface area contributed by atoms with E-state index in [0.717, 1.165) is 0 Å². The van der Waals surface area contributed by atoms with Gasteiger partial charge in [-0.3, -0.25) is 19.4 Å². The fourth-order valence-corrected chi connectivity index (χ4v) is 4.08. The Hall–Kier alpha value is -4.28. The quantitative estimate of drug-likeness (QED) is 0.277. The lowest BCUT2D eigenvalue weighted by Crippen LogP contribution is -2.33.